The maximum absolute atomic E-state index is 12.6. The second-order valence-corrected chi connectivity index (χ2v) is 7.04. The van der Waals surface area contributed by atoms with E-state index >= 15 is 0 Å². The highest BCUT2D eigenvalue weighted by atomic mass is 79.9. The van der Waals surface area contributed by atoms with Gasteiger partial charge in [0.2, 0.25) is 5.78 Å². The van der Waals surface area contributed by atoms with Gasteiger partial charge in [-0.1, -0.05) is 36.4 Å². The third-order valence-electron chi connectivity index (χ3n) is 3.57. The number of halogens is 1. The Morgan fingerprint density at radius 3 is 1.92 bits per heavy atom. The molecule has 5 nitrogen and oxygen atoms in total. The fraction of sp³-hybridized carbons (Fsp3) is 0. The number of hydrogen-bond donors (Lipinski definition) is 2. The van der Waals surface area contributed by atoms with Gasteiger partial charge in [0.25, 0.3) is 11.8 Å². The first-order chi connectivity index (χ1) is 12.6. The van der Waals surface area contributed by atoms with Crippen molar-refractivity contribution in [3.05, 3.63) is 92.1 Å². The van der Waals surface area contributed by atoms with Crippen molar-refractivity contribution in [1.29, 1.82) is 0 Å². The molecular weight excluding hydrogens is 416 g/mol. The third-order valence-corrected chi connectivity index (χ3v) is 5.13. The molecule has 0 saturated carbocycles. The van der Waals surface area contributed by atoms with Crippen LogP contribution in [-0.4, -0.2) is 17.6 Å². The Kier molecular flexibility index (Phi) is 5.60. The number of rotatable bonds is 4. The number of carbonyl (C=O) groups excluding carboxylic acids is 3. The van der Waals surface area contributed by atoms with Crippen LogP contribution in [0.2, 0.25) is 0 Å². The van der Waals surface area contributed by atoms with E-state index in [4.69, 9.17) is 0 Å². The Labute approximate surface area is 162 Å². The summed E-state index contributed by atoms with van der Waals surface area (Å²) < 4.78 is 0.611. The van der Waals surface area contributed by atoms with Gasteiger partial charge in [-0.05, 0) is 45.6 Å². The summed E-state index contributed by atoms with van der Waals surface area (Å²) in [5.41, 5.74) is 5.58. The van der Waals surface area contributed by atoms with E-state index < -0.39 is 11.8 Å². The fourth-order valence-corrected chi connectivity index (χ4v) is 3.46. The second kappa shape index (κ2) is 8.07. The summed E-state index contributed by atoms with van der Waals surface area (Å²) in [5, 5.41) is 1.80. The first kappa shape index (κ1) is 18.0. The molecule has 2 N–H and O–H groups in total. The molecular formula is C19H13BrN2O3S. The third kappa shape index (κ3) is 3.89. The molecule has 26 heavy (non-hydrogen) atoms. The van der Waals surface area contributed by atoms with E-state index in [1.165, 1.54) is 11.3 Å². The van der Waals surface area contributed by atoms with Crippen LogP contribution in [0.4, 0.5) is 0 Å². The molecule has 1 aromatic heterocycles. The second-order valence-electron chi connectivity index (χ2n) is 5.24. The molecule has 3 aromatic rings. The standard InChI is InChI=1S/C19H13BrN2O3S/c20-15-9-4-3-8-14(15)19(25)22-21-18(24)13-7-2-1-6-12(13)17(23)16-10-5-11-26-16/h1-11H,(H,21,24)(H,22,25). The van der Waals surface area contributed by atoms with E-state index in [2.05, 4.69) is 26.8 Å². The largest absolute Gasteiger partial charge is 0.288 e. The molecule has 7 heteroatoms. The summed E-state index contributed by atoms with van der Waals surface area (Å²) in [7, 11) is 0. The van der Waals surface area contributed by atoms with E-state index in [1.54, 1.807) is 66.0 Å². The van der Waals surface area contributed by atoms with Crippen LogP contribution in [0.15, 0.2) is 70.5 Å². The number of benzene rings is 2. The Hall–Kier alpha value is -2.77. The van der Waals surface area contributed by atoms with Gasteiger partial charge in [-0.15, -0.1) is 11.3 Å². The quantitative estimate of drug-likeness (QED) is 0.489. The Morgan fingerprint density at radius 2 is 1.31 bits per heavy atom. The monoisotopic (exact) mass is 428 g/mol. The van der Waals surface area contributed by atoms with Gasteiger partial charge in [0, 0.05) is 10.0 Å². The van der Waals surface area contributed by atoms with Crippen molar-refractivity contribution in [3.63, 3.8) is 0 Å². The highest BCUT2D eigenvalue weighted by Crippen LogP contribution is 2.18. The zero-order chi connectivity index (χ0) is 18.5. The Balaban J connectivity index is 1.76. The summed E-state index contributed by atoms with van der Waals surface area (Å²) in [4.78, 5) is 37.8. The molecule has 0 aliphatic heterocycles. The van der Waals surface area contributed by atoms with Crippen molar-refractivity contribution in [1.82, 2.24) is 10.9 Å². The Morgan fingerprint density at radius 1 is 0.731 bits per heavy atom. The van der Waals surface area contributed by atoms with E-state index in [1.807, 2.05) is 0 Å². The van der Waals surface area contributed by atoms with Crippen LogP contribution in [0.25, 0.3) is 0 Å². The SMILES string of the molecule is O=C(NNC(=O)c1ccccc1C(=O)c1cccs1)c1ccccc1Br. The van der Waals surface area contributed by atoms with Crippen LogP contribution in [0, 0.1) is 0 Å². The summed E-state index contributed by atoms with van der Waals surface area (Å²) >= 11 is 4.59. The van der Waals surface area contributed by atoms with Gasteiger partial charge in [-0.3, -0.25) is 25.2 Å². The van der Waals surface area contributed by atoms with Crippen LogP contribution in [0.1, 0.15) is 36.0 Å². The minimum Gasteiger partial charge on any atom is -0.288 e. The maximum Gasteiger partial charge on any atom is 0.270 e. The first-order valence-electron chi connectivity index (χ1n) is 7.60. The zero-order valence-electron chi connectivity index (χ0n) is 13.4. The first-order valence-corrected chi connectivity index (χ1v) is 9.27. The highest BCUT2D eigenvalue weighted by molar-refractivity contribution is 9.10. The van der Waals surface area contributed by atoms with Gasteiger partial charge in [0.15, 0.2) is 0 Å². The average Bonchev–Trinajstić information content (AvgIpc) is 3.20. The van der Waals surface area contributed by atoms with Crippen molar-refractivity contribution in [3.8, 4) is 0 Å². The van der Waals surface area contributed by atoms with Crippen molar-refractivity contribution < 1.29 is 14.4 Å². The van der Waals surface area contributed by atoms with Gasteiger partial charge in [0.1, 0.15) is 0 Å². The number of thiophene rings is 1. The molecule has 2 amide bonds. The van der Waals surface area contributed by atoms with Crippen molar-refractivity contribution in [2.24, 2.45) is 0 Å². The van der Waals surface area contributed by atoms with Crippen molar-refractivity contribution in [2.45, 2.75) is 0 Å². The number of nitrogens with one attached hydrogen (secondary N) is 2. The van der Waals surface area contributed by atoms with Crippen LogP contribution in [0.5, 0.6) is 0 Å². The smallest absolute Gasteiger partial charge is 0.270 e. The zero-order valence-corrected chi connectivity index (χ0v) is 15.8. The van der Waals surface area contributed by atoms with Crippen molar-refractivity contribution in [2.75, 3.05) is 0 Å². The lowest BCUT2D eigenvalue weighted by atomic mass is 10.0. The van der Waals surface area contributed by atoms with Crippen LogP contribution >= 0.6 is 27.3 Å². The topological polar surface area (TPSA) is 75.3 Å². The van der Waals surface area contributed by atoms with E-state index in [-0.39, 0.29) is 16.9 Å². The number of carbonyl (C=O) groups is 3. The van der Waals surface area contributed by atoms with Gasteiger partial charge in [-0.2, -0.15) is 0 Å². The molecule has 2 aromatic carbocycles. The predicted molar refractivity (Wildman–Crippen MR) is 103 cm³/mol. The molecule has 0 radical (unpaired) electrons. The fourth-order valence-electron chi connectivity index (χ4n) is 2.31. The molecule has 0 fully saturated rings. The van der Waals surface area contributed by atoms with E-state index in [0.29, 0.717) is 14.9 Å². The summed E-state index contributed by atoms with van der Waals surface area (Å²) in [6.07, 6.45) is 0. The van der Waals surface area contributed by atoms with E-state index in [0.717, 1.165) is 0 Å². The van der Waals surface area contributed by atoms with Crippen LogP contribution in [-0.2, 0) is 0 Å². The lowest BCUT2D eigenvalue weighted by Crippen LogP contribution is -2.42. The summed E-state index contributed by atoms with van der Waals surface area (Å²) in [5.74, 6) is -1.26. The predicted octanol–water partition coefficient (Wildman–Crippen LogP) is 3.82. The van der Waals surface area contributed by atoms with Gasteiger partial charge in [-0.25, -0.2) is 0 Å². The number of ketones is 1. The molecule has 0 unspecified atom stereocenters. The van der Waals surface area contributed by atoms with Gasteiger partial charge < -0.3 is 0 Å². The maximum atomic E-state index is 12.6. The molecule has 3 rings (SSSR count). The molecule has 0 saturated heterocycles. The molecule has 0 aliphatic carbocycles. The molecule has 0 spiro atoms. The number of hydrogen-bond acceptors (Lipinski definition) is 4. The normalized spacial score (nSPS) is 10.2. The lowest BCUT2D eigenvalue weighted by molar-refractivity contribution is 0.0844. The lowest BCUT2D eigenvalue weighted by Gasteiger charge is -2.11. The molecule has 0 aliphatic rings. The number of hydrazine groups is 1. The Bertz CT molecular complexity index is 970. The number of amides is 2. The minimum atomic E-state index is -0.564. The van der Waals surface area contributed by atoms with Gasteiger partial charge >= 0.3 is 0 Å². The van der Waals surface area contributed by atoms with Crippen LogP contribution in [0.3, 0.4) is 0 Å². The summed E-state index contributed by atoms with van der Waals surface area (Å²) in [6, 6.07) is 16.8. The molecule has 1 heterocycles. The molecule has 0 atom stereocenters. The van der Waals surface area contributed by atoms with Gasteiger partial charge in [0.05, 0.1) is 16.0 Å². The molecule has 0 bridgehead atoms. The minimum absolute atomic E-state index is 0.193. The highest BCUT2D eigenvalue weighted by Gasteiger charge is 2.19. The molecule has 130 valence electrons. The van der Waals surface area contributed by atoms with Crippen molar-refractivity contribution >= 4 is 44.9 Å². The van der Waals surface area contributed by atoms with Crippen LogP contribution < -0.4 is 10.9 Å². The average molecular weight is 429 g/mol. The summed E-state index contributed by atoms with van der Waals surface area (Å²) in [6.45, 7) is 0. The van der Waals surface area contributed by atoms with E-state index in [9.17, 15) is 14.4 Å².